The Hall–Kier alpha value is -1.95. The number of ether oxygens (including phenoxy) is 2. The molecular weight excluding hydrogens is 416 g/mol. The van der Waals surface area contributed by atoms with Gasteiger partial charge in [-0.2, -0.15) is 0 Å². The molecule has 7 heteroatoms. The molecule has 1 N–H and O–H groups in total. The van der Waals surface area contributed by atoms with Gasteiger partial charge < -0.3 is 19.7 Å². The van der Waals surface area contributed by atoms with Crippen LogP contribution in [0.15, 0.2) is 12.1 Å². The van der Waals surface area contributed by atoms with Crippen LogP contribution in [-0.2, 0) is 9.59 Å². The zero-order chi connectivity index (χ0) is 21.8. The molecule has 168 valence electrons. The molecule has 2 amide bonds. The summed E-state index contributed by atoms with van der Waals surface area (Å²) in [5, 5.41) is 3.38. The fourth-order valence-corrected chi connectivity index (χ4v) is 7.36. The molecule has 1 heterocycles. The van der Waals surface area contributed by atoms with E-state index in [1.54, 1.807) is 12.1 Å². The van der Waals surface area contributed by atoms with Gasteiger partial charge in [0.1, 0.15) is 17.5 Å². The molecular formula is C24H31ClN2O4. The first-order chi connectivity index (χ1) is 14.9. The highest BCUT2D eigenvalue weighted by atomic mass is 35.5. The standard InChI is InChI=1S/C24H31ClN2O4/c1-30-20-10-18(21(31-2)9-17(20)25)26-22(28)19-4-3-5-27(19)23(29)24-11-14-6-15(12-24)8-16(7-14)13-24/h9-10,14-16,19H,3-8,11-13H2,1-2H3,(H,26,28)/t14?,15?,16?,19-,24?/m0/s1. The monoisotopic (exact) mass is 446 g/mol. The van der Waals surface area contributed by atoms with Crippen molar-refractivity contribution in [2.45, 2.75) is 57.4 Å². The van der Waals surface area contributed by atoms with Crippen molar-refractivity contribution in [2.75, 3.05) is 26.1 Å². The SMILES string of the molecule is COc1cc(NC(=O)[C@@H]2CCCN2C(=O)C23CC4CC(CC(C4)C2)C3)c(OC)cc1Cl. The Morgan fingerprint density at radius 2 is 1.65 bits per heavy atom. The number of amides is 2. The molecule has 1 aromatic carbocycles. The van der Waals surface area contributed by atoms with Crippen LogP contribution in [0.4, 0.5) is 5.69 Å². The molecule has 1 atom stereocenters. The first-order valence-electron chi connectivity index (χ1n) is 11.5. The minimum Gasteiger partial charge on any atom is -0.495 e. The van der Waals surface area contributed by atoms with Crippen LogP contribution >= 0.6 is 11.6 Å². The van der Waals surface area contributed by atoms with Gasteiger partial charge in [-0.25, -0.2) is 0 Å². The van der Waals surface area contributed by atoms with Gasteiger partial charge in [-0.3, -0.25) is 9.59 Å². The lowest BCUT2D eigenvalue weighted by atomic mass is 9.49. The van der Waals surface area contributed by atoms with Gasteiger partial charge in [-0.15, -0.1) is 0 Å². The van der Waals surface area contributed by atoms with Gasteiger partial charge in [0.25, 0.3) is 0 Å². The summed E-state index contributed by atoms with van der Waals surface area (Å²) >= 11 is 6.19. The van der Waals surface area contributed by atoms with Gasteiger partial charge in [0, 0.05) is 18.7 Å². The molecule has 6 rings (SSSR count). The number of anilines is 1. The van der Waals surface area contributed by atoms with Crippen LogP contribution in [0.3, 0.4) is 0 Å². The van der Waals surface area contributed by atoms with Crippen molar-refractivity contribution in [3.63, 3.8) is 0 Å². The highest BCUT2D eigenvalue weighted by Crippen LogP contribution is 2.60. The van der Waals surface area contributed by atoms with Crippen molar-refractivity contribution >= 4 is 29.1 Å². The maximum Gasteiger partial charge on any atom is 0.247 e. The van der Waals surface area contributed by atoms with Crippen LogP contribution in [0.5, 0.6) is 11.5 Å². The van der Waals surface area contributed by atoms with E-state index in [0.717, 1.165) is 25.7 Å². The third-order valence-electron chi connectivity index (χ3n) is 8.04. The highest BCUT2D eigenvalue weighted by molar-refractivity contribution is 6.32. The second kappa shape index (κ2) is 7.88. The summed E-state index contributed by atoms with van der Waals surface area (Å²) in [6.45, 7) is 0.666. The molecule has 4 saturated carbocycles. The van der Waals surface area contributed by atoms with Crippen molar-refractivity contribution in [1.82, 2.24) is 4.90 Å². The molecule has 0 unspecified atom stereocenters. The average molecular weight is 447 g/mol. The number of methoxy groups -OCH3 is 2. The number of nitrogens with one attached hydrogen (secondary N) is 1. The van der Waals surface area contributed by atoms with Gasteiger partial charge in [0.05, 0.1) is 30.3 Å². The van der Waals surface area contributed by atoms with E-state index >= 15 is 0 Å². The summed E-state index contributed by atoms with van der Waals surface area (Å²) < 4.78 is 10.7. The van der Waals surface area contributed by atoms with Crippen molar-refractivity contribution in [3.8, 4) is 11.5 Å². The van der Waals surface area contributed by atoms with E-state index in [4.69, 9.17) is 21.1 Å². The lowest BCUT2D eigenvalue weighted by Gasteiger charge is -2.56. The smallest absolute Gasteiger partial charge is 0.247 e. The number of carbonyl (C=O) groups is 2. The second-order valence-corrected chi connectivity index (χ2v) is 10.4. The van der Waals surface area contributed by atoms with Crippen LogP contribution in [-0.4, -0.2) is 43.5 Å². The summed E-state index contributed by atoms with van der Waals surface area (Å²) in [5.74, 6) is 3.10. The summed E-state index contributed by atoms with van der Waals surface area (Å²) in [6.07, 6.45) is 8.51. The first kappa shape index (κ1) is 20.9. The topological polar surface area (TPSA) is 67.9 Å². The predicted molar refractivity (Wildman–Crippen MR) is 119 cm³/mol. The molecule has 4 aliphatic carbocycles. The Morgan fingerprint density at radius 3 is 2.23 bits per heavy atom. The van der Waals surface area contributed by atoms with Crippen LogP contribution in [0, 0.1) is 23.2 Å². The first-order valence-corrected chi connectivity index (χ1v) is 11.8. The minimum absolute atomic E-state index is 0.168. The third kappa shape index (κ3) is 3.57. The van der Waals surface area contributed by atoms with Gasteiger partial charge in [0.2, 0.25) is 11.8 Å². The van der Waals surface area contributed by atoms with E-state index in [1.807, 2.05) is 4.90 Å². The average Bonchev–Trinajstić information content (AvgIpc) is 3.23. The molecule has 1 aromatic rings. The lowest BCUT2D eigenvalue weighted by molar-refractivity contribution is -0.160. The Balaban J connectivity index is 1.35. The van der Waals surface area contributed by atoms with Gasteiger partial charge in [0.15, 0.2) is 0 Å². The summed E-state index contributed by atoms with van der Waals surface area (Å²) in [4.78, 5) is 29.0. The molecule has 6 nitrogen and oxygen atoms in total. The normalized spacial score (nSPS) is 33.5. The number of hydrogen-bond acceptors (Lipinski definition) is 4. The lowest BCUT2D eigenvalue weighted by Crippen LogP contribution is -2.56. The van der Waals surface area contributed by atoms with E-state index < -0.39 is 6.04 Å². The Labute approximate surface area is 188 Å². The largest absolute Gasteiger partial charge is 0.495 e. The fourth-order valence-electron chi connectivity index (χ4n) is 7.13. The zero-order valence-electron chi connectivity index (χ0n) is 18.3. The van der Waals surface area contributed by atoms with E-state index in [-0.39, 0.29) is 17.2 Å². The molecule has 0 spiro atoms. The van der Waals surface area contributed by atoms with Crippen molar-refractivity contribution < 1.29 is 19.1 Å². The van der Waals surface area contributed by atoms with E-state index in [9.17, 15) is 9.59 Å². The molecule has 1 saturated heterocycles. The molecule has 1 aliphatic heterocycles. The third-order valence-corrected chi connectivity index (χ3v) is 8.34. The van der Waals surface area contributed by atoms with E-state index in [1.165, 1.54) is 33.5 Å². The van der Waals surface area contributed by atoms with Crippen molar-refractivity contribution in [3.05, 3.63) is 17.2 Å². The van der Waals surface area contributed by atoms with Gasteiger partial charge >= 0.3 is 0 Å². The number of halogens is 1. The van der Waals surface area contributed by atoms with E-state index in [2.05, 4.69) is 5.32 Å². The molecule has 5 aliphatic rings. The second-order valence-electron chi connectivity index (χ2n) is 10.0. The van der Waals surface area contributed by atoms with Crippen molar-refractivity contribution in [2.24, 2.45) is 23.2 Å². The summed E-state index contributed by atoms with van der Waals surface area (Å²) in [5.41, 5.74) is 0.279. The quantitative estimate of drug-likeness (QED) is 0.722. The minimum atomic E-state index is -0.438. The van der Waals surface area contributed by atoms with Gasteiger partial charge in [-0.1, -0.05) is 11.6 Å². The van der Waals surface area contributed by atoms with Crippen LogP contribution < -0.4 is 14.8 Å². The van der Waals surface area contributed by atoms with Crippen molar-refractivity contribution in [1.29, 1.82) is 0 Å². The Morgan fingerprint density at radius 1 is 1.03 bits per heavy atom. The van der Waals surface area contributed by atoms with Gasteiger partial charge in [-0.05, 0) is 69.1 Å². The summed E-state index contributed by atoms with van der Waals surface area (Å²) in [7, 11) is 3.06. The summed E-state index contributed by atoms with van der Waals surface area (Å²) in [6, 6.07) is 2.86. The number of nitrogens with zero attached hydrogens (tertiary/aromatic N) is 1. The fraction of sp³-hybridized carbons (Fsp3) is 0.667. The Kier molecular flexibility index (Phi) is 5.32. The molecule has 4 bridgehead atoms. The number of benzene rings is 1. The molecule has 5 fully saturated rings. The maximum absolute atomic E-state index is 13.8. The molecule has 0 aromatic heterocycles. The molecule has 31 heavy (non-hydrogen) atoms. The number of hydrogen-bond donors (Lipinski definition) is 1. The zero-order valence-corrected chi connectivity index (χ0v) is 19.0. The van der Waals surface area contributed by atoms with Crippen LogP contribution in [0.2, 0.25) is 5.02 Å². The van der Waals surface area contributed by atoms with Crippen LogP contribution in [0.25, 0.3) is 0 Å². The van der Waals surface area contributed by atoms with Crippen LogP contribution in [0.1, 0.15) is 51.4 Å². The number of likely N-dealkylation sites (tertiary alicyclic amines) is 1. The van der Waals surface area contributed by atoms with E-state index in [0.29, 0.717) is 52.9 Å². The highest BCUT2D eigenvalue weighted by Gasteiger charge is 2.56. The predicted octanol–water partition coefficient (Wildman–Crippen LogP) is 4.50. The Bertz CT molecular complexity index is 867. The molecule has 0 radical (unpaired) electrons. The maximum atomic E-state index is 13.8. The number of rotatable bonds is 5. The number of carbonyl (C=O) groups excluding carboxylic acids is 2.